The van der Waals surface area contributed by atoms with Crippen molar-refractivity contribution in [1.82, 2.24) is 5.32 Å². The van der Waals surface area contributed by atoms with Crippen LogP contribution in [0.5, 0.6) is 5.75 Å². The second-order valence-electron chi connectivity index (χ2n) is 8.27. The third-order valence-corrected chi connectivity index (χ3v) is 5.86. The van der Waals surface area contributed by atoms with Crippen molar-refractivity contribution in [1.29, 1.82) is 0 Å². The Morgan fingerprint density at radius 2 is 1.64 bits per heavy atom. The van der Waals surface area contributed by atoms with E-state index in [-0.39, 0.29) is 29.7 Å². The number of anilines is 1. The number of nitrogens with zero attached hydrogens (tertiary/aromatic N) is 1. The zero-order chi connectivity index (χ0) is 25.8. The van der Waals surface area contributed by atoms with E-state index < -0.39 is 35.4 Å². The SMILES string of the molecule is CCOc1ccc(N2C(=O)c3ccc(C(=O)NCC(Cc4ccc(F)cc4)C(N)=O)cc3C2=O)cc1. The van der Waals surface area contributed by atoms with E-state index in [0.29, 0.717) is 23.6 Å². The molecule has 3 aromatic carbocycles. The standard InChI is InChI=1S/C27H24FN3O5/c1-2-36-21-10-8-20(9-11-21)31-26(34)22-12-5-17(14-23(22)27(31)35)25(33)30-15-18(24(29)32)13-16-3-6-19(28)7-4-16/h3-12,14,18H,2,13,15H2,1H3,(H2,29,32)(H,30,33). The van der Waals surface area contributed by atoms with Gasteiger partial charge in [0.1, 0.15) is 11.6 Å². The van der Waals surface area contributed by atoms with Crippen LogP contribution in [0.1, 0.15) is 43.6 Å². The van der Waals surface area contributed by atoms with E-state index in [0.717, 1.165) is 4.90 Å². The molecule has 0 saturated carbocycles. The van der Waals surface area contributed by atoms with Crippen molar-refractivity contribution in [2.75, 3.05) is 18.1 Å². The largest absolute Gasteiger partial charge is 0.494 e. The lowest BCUT2D eigenvalue weighted by Crippen LogP contribution is -2.37. The van der Waals surface area contributed by atoms with Gasteiger partial charge in [-0.15, -0.1) is 0 Å². The molecule has 184 valence electrons. The fourth-order valence-corrected chi connectivity index (χ4v) is 3.97. The van der Waals surface area contributed by atoms with Crippen molar-refractivity contribution < 1.29 is 28.3 Å². The van der Waals surface area contributed by atoms with Crippen LogP contribution in [0.25, 0.3) is 0 Å². The van der Waals surface area contributed by atoms with Gasteiger partial charge in [-0.1, -0.05) is 12.1 Å². The Hall–Kier alpha value is -4.53. The first-order valence-corrected chi connectivity index (χ1v) is 11.4. The number of benzene rings is 3. The predicted octanol–water partition coefficient (Wildman–Crippen LogP) is 3.10. The quantitative estimate of drug-likeness (QED) is 0.448. The highest BCUT2D eigenvalue weighted by molar-refractivity contribution is 6.34. The molecule has 3 N–H and O–H groups in total. The summed E-state index contributed by atoms with van der Waals surface area (Å²) in [7, 11) is 0. The van der Waals surface area contributed by atoms with Gasteiger partial charge in [0.2, 0.25) is 5.91 Å². The number of carbonyl (C=O) groups is 4. The minimum atomic E-state index is -0.716. The van der Waals surface area contributed by atoms with E-state index in [1.165, 1.54) is 30.3 Å². The van der Waals surface area contributed by atoms with Crippen LogP contribution in [0.2, 0.25) is 0 Å². The van der Waals surface area contributed by atoms with Crippen molar-refractivity contribution in [3.63, 3.8) is 0 Å². The molecule has 0 aromatic heterocycles. The maximum Gasteiger partial charge on any atom is 0.266 e. The fraction of sp³-hybridized carbons (Fsp3) is 0.185. The van der Waals surface area contributed by atoms with Gasteiger partial charge in [-0.3, -0.25) is 19.2 Å². The first-order chi connectivity index (χ1) is 17.3. The average Bonchev–Trinajstić information content (AvgIpc) is 3.12. The number of imide groups is 1. The summed E-state index contributed by atoms with van der Waals surface area (Å²) >= 11 is 0. The summed E-state index contributed by atoms with van der Waals surface area (Å²) in [4.78, 5) is 51.6. The molecule has 8 nitrogen and oxygen atoms in total. The highest BCUT2D eigenvalue weighted by Crippen LogP contribution is 2.30. The number of nitrogens with two attached hydrogens (primary N) is 1. The fourth-order valence-electron chi connectivity index (χ4n) is 3.97. The van der Waals surface area contributed by atoms with Crippen LogP contribution in [-0.2, 0) is 11.2 Å². The third kappa shape index (κ3) is 5.10. The summed E-state index contributed by atoms with van der Waals surface area (Å²) in [5, 5.41) is 2.65. The number of carbonyl (C=O) groups excluding carboxylic acids is 4. The van der Waals surface area contributed by atoms with Gasteiger partial charge in [0, 0.05) is 12.1 Å². The Bertz CT molecular complexity index is 1320. The van der Waals surface area contributed by atoms with Crippen LogP contribution in [0.3, 0.4) is 0 Å². The molecule has 1 heterocycles. The first kappa shape index (κ1) is 24.6. The average molecular weight is 490 g/mol. The molecule has 4 amide bonds. The monoisotopic (exact) mass is 489 g/mol. The van der Waals surface area contributed by atoms with Crippen LogP contribution >= 0.6 is 0 Å². The van der Waals surface area contributed by atoms with Gasteiger partial charge < -0.3 is 15.8 Å². The van der Waals surface area contributed by atoms with Crippen molar-refractivity contribution >= 4 is 29.3 Å². The summed E-state index contributed by atoms with van der Waals surface area (Å²) in [5.41, 5.74) is 7.04. The zero-order valence-corrected chi connectivity index (χ0v) is 19.5. The van der Waals surface area contributed by atoms with Gasteiger partial charge in [0.05, 0.1) is 29.3 Å². The van der Waals surface area contributed by atoms with E-state index in [4.69, 9.17) is 10.5 Å². The van der Waals surface area contributed by atoms with E-state index in [1.54, 1.807) is 36.4 Å². The normalized spacial score (nSPS) is 13.3. The molecule has 0 fully saturated rings. The number of hydrogen-bond donors (Lipinski definition) is 2. The molecule has 1 unspecified atom stereocenters. The van der Waals surface area contributed by atoms with Crippen molar-refractivity contribution in [2.24, 2.45) is 11.7 Å². The van der Waals surface area contributed by atoms with Crippen molar-refractivity contribution in [3.8, 4) is 5.75 Å². The van der Waals surface area contributed by atoms with Gasteiger partial charge in [-0.2, -0.15) is 0 Å². The molecule has 0 aliphatic carbocycles. The topological polar surface area (TPSA) is 119 Å². The van der Waals surface area contributed by atoms with Gasteiger partial charge >= 0.3 is 0 Å². The number of hydrogen-bond acceptors (Lipinski definition) is 5. The van der Waals surface area contributed by atoms with E-state index in [1.807, 2.05) is 6.92 Å². The molecular formula is C27H24FN3O5. The minimum absolute atomic E-state index is 0.0478. The Balaban J connectivity index is 1.46. The highest BCUT2D eigenvalue weighted by Gasteiger charge is 2.37. The summed E-state index contributed by atoms with van der Waals surface area (Å²) in [6.07, 6.45) is 0.226. The number of halogens is 1. The molecule has 3 aromatic rings. The molecule has 0 bridgehead atoms. The molecule has 1 aliphatic heterocycles. The van der Waals surface area contributed by atoms with Crippen LogP contribution in [0.4, 0.5) is 10.1 Å². The molecule has 0 spiro atoms. The second-order valence-corrected chi connectivity index (χ2v) is 8.27. The minimum Gasteiger partial charge on any atom is -0.494 e. The van der Waals surface area contributed by atoms with Crippen LogP contribution < -0.4 is 20.7 Å². The van der Waals surface area contributed by atoms with Gasteiger partial charge in [0.25, 0.3) is 17.7 Å². The second kappa shape index (κ2) is 10.4. The Morgan fingerprint density at radius 3 is 2.28 bits per heavy atom. The van der Waals surface area contributed by atoms with Crippen molar-refractivity contribution in [3.05, 3.63) is 94.8 Å². The maximum absolute atomic E-state index is 13.1. The predicted molar refractivity (Wildman–Crippen MR) is 130 cm³/mol. The lowest BCUT2D eigenvalue weighted by atomic mass is 9.98. The third-order valence-electron chi connectivity index (χ3n) is 5.86. The summed E-state index contributed by atoms with van der Waals surface area (Å²) < 4.78 is 18.5. The highest BCUT2D eigenvalue weighted by atomic mass is 19.1. The molecule has 36 heavy (non-hydrogen) atoms. The van der Waals surface area contributed by atoms with E-state index >= 15 is 0 Å². The number of rotatable bonds is 9. The molecule has 9 heteroatoms. The van der Waals surface area contributed by atoms with E-state index in [2.05, 4.69) is 5.32 Å². The van der Waals surface area contributed by atoms with Gasteiger partial charge in [-0.05, 0) is 73.5 Å². The molecule has 0 radical (unpaired) electrons. The number of amides is 4. The molecule has 4 rings (SSSR count). The molecular weight excluding hydrogens is 465 g/mol. The summed E-state index contributed by atoms with van der Waals surface area (Å²) in [6, 6.07) is 16.5. The van der Waals surface area contributed by atoms with Gasteiger partial charge in [0.15, 0.2) is 0 Å². The zero-order valence-electron chi connectivity index (χ0n) is 19.5. The van der Waals surface area contributed by atoms with Crippen LogP contribution in [-0.4, -0.2) is 36.8 Å². The van der Waals surface area contributed by atoms with Crippen molar-refractivity contribution in [2.45, 2.75) is 13.3 Å². The Morgan fingerprint density at radius 1 is 0.972 bits per heavy atom. The molecule has 1 aliphatic rings. The van der Waals surface area contributed by atoms with Gasteiger partial charge in [-0.25, -0.2) is 9.29 Å². The number of primary amides is 1. The van der Waals surface area contributed by atoms with E-state index in [9.17, 15) is 23.6 Å². The number of nitrogens with one attached hydrogen (secondary N) is 1. The summed E-state index contributed by atoms with van der Waals surface area (Å²) in [6.45, 7) is 2.29. The Kier molecular flexibility index (Phi) is 7.10. The lowest BCUT2D eigenvalue weighted by Gasteiger charge is -2.15. The smallest absolute Gasteiger partial charge is 0.266 e. The maximum atomic E-state index is 13.1. The van der Waals surface area contributed by atoms with Crippen LogP contribution in [0, 0.1) is 11.7 Å². The first-order valence-electron chi connectivity index (χ1n) is 11.4. The lowest BCUT2D eigenvalue weighted by molar-refractivity contribution is -0.121. The number of ether oxygens (including phenoxy) is 1. The Labute approximate surface area is 206 Å². The van der Waals surface area contributed by atoms with Crippen LogP contribution in [0.15, 0.2) is 66.7 Å². The number of fused-ring (bicyclic) bond motifs is 1. The molecule has 1 atom stereocenters. The molecule has 0 saturated heterocycles. The summed E-state index contributed by atoms with van der Waals surface area (Å²) in [5.74, 6) is -2.66.